The Labute approximate surface area is 182 Å². The second kappa shape index (κ2) is 10.2. The Hall–Kier alpha value is -3.23. The number of rotatable bonds is 9. The predicted molar refractivity (Wildman–Crippen MR) is 117 cm³/mol. The maximum atomic E-state index is 12.5. The van der Waals surface area contributed by atoms with Crippen molar-refractivity contribution in [3.63, 3.8) is 0 Å². The van der Waals surface area contributed by atoms with Gasteiger partial charge in [-0.15, -0.1) is 0 Å². The van der Waals surface area contributed by atoms with Gasteiger partial charge in [0.15, 0.2) is 0 Å². The number of carbonyl (C=O) groups excluding carboxylic acids is 1. The van der Waals surface area contributed by atoms with Crippen molar-refractivity contribution in [1.82, 2.24) is 9.29 Å². The van der Waals surface area contributed by atoms with Gasteiger partial charge < -0.3 is 9.15 Å². The van der Waals surface area contributed by atoms with Crippen molar-refractivity contribution in [3.05, 3.63) is 78.2 Å². The molecule has 0 aliphatic carbocycles. The van der Waals surface area contributed by atoms with Crippen molar-refractivity contribution >= 4 is 22.1 Å². The van der Waals surface area contributed by atoms with E-state index in [1.165, 1.54) is 28.8 Å². The molecule has 0 bridgehead atoms. The van der Waals surface area contributed by atoms with E-state index in [1.807, 2.05) is 30.3 Å². The molecule has 2 aromatic carbocycles. The Morgan fingerprint density at radius 3 is 2.39 bits per heavy atom. The summed E-state index contributed by atoms with van der Waals surface area (Å²) in [5, 5.41) is 0. The van der Waals surface area contributed by atoms with Crippen molar-refractivity contribution in [3.8, 4) is 11.5 Å². The maximum absolute atomic E-state index is 12.5. The van der Waals surface area contributed by atoms with Crippen LogP contribution in [0.2, 0.25) is 0 Å². The van der Waals surface area contributed by atoms with E-state index in [4.69, 9.17) is 9.15 Å². The Morgan fingerprint density at radius 1 is 1.06 bits per heavy atom. The average molecular weight is 441 g/mol. The summed E-state index contributed by atoms with van der Waals surface area (Å²) in [5.74, 6) is -0.0777. The molecule has 0 saturated carbocycles. The largest absolute Gasteiger partial charge is 0.456 e. The van der Waals surface area contributed by atoms with Crippen molar-refractivity contribution in [1.29, 1.82) is 0 Å². The number of hydrogen-bond donors (Lipinski definition) is 0. The standard InChI is InChI=1S/C23H24N2O5S/c1-3-25(4-2)31(27,28)21-13-10-18(11-14-21)12-15-22(26)29-16-20-17-30-23(24-20)19-8-6-5-7-9-19/h5-15,17H,3-4,16H2,1-2H3/b15-12+. The van der Waals surface area contributed by atoms with Gasteiger partial charge >= 0.3 is 5.97 Å². The fourth-order valence-electron chi connectivity index (χ4n) is 2.91. The van der Waals surface area contributed by atoms with Gasteiger partial charge in [0, 0.05) is 24.7 Å². The quantitative estimate of drug-likeness (QED) is 0.367. The number of hydrogen-bond acceptors (Lipinski definition) is 6. The maximum Gasteiger partial charge on any atom is 0.331 e. The fraction of sp³-hybridized carbons (Fsp3) is 0.217. The molecule has 3 aromatic rings. The minimum atomic E-state index is -3.50. The number of oxazole rings is 1. The Balaban J connectivity index is 1.56. The molecule has 0 spiro atoms. The minimum Gasteiger partial charge on any atom is -0.456 e. The third kappa shape index (κ3) is 5.68. The van der Waals surface area contributed by atoms with Crippen LogP contribution in [0.4, 0.5) is 0 Å². The Kier molecular flexibility index (Phi) is 7.38. The van der Waals surface area contributed by atoms with E-state index in [1.54, 1.807) is 32.1 Å². The predicted octanol–water partition coefficient (Wildman–Crippen LogP) is 4.13. The zero-order valence-electron chi connectivity index (χ0n) is 17.4. The molecule has 162 valence electrons. The van der Waals surface area contributed by atoms with Crippen molar-refractivity contribution in [2.24, 2.45) is 0 Å². The van der Waals surface area contributed by atoms with E-state index in [0.717, 1.165) is 5.56 Å². The van der Waals surface area contributed by atoms with E-state index in [9.17, 15) is 13.2 Å². The lowest BCUT2D eigenvalue weighted by molar-refractivity contribution is -0.139. The molecular weight excluding hydrogens is 416 g/mol. The van der Waals surface area contributed by atoms with Gasteiger partial charge in [-0.05, 0) is 35.9 Å². The molecule has 31 heavy (non-hydrogen) atoms. The summed E-state index contributed by atoms with van der Waals surface area (Å²) in [6.45, 7) is 4.40. The van der Waals surface area contributed by atoms with Gasteiger partial charge in [-0.3, -0.25) is 0 Å². The lowest BCUT2D eigenvalue weighted by atomic mass is 10.2. The van der Waals surface area contributed by atoms with Crippen LogP contribution in [0.3, 0.4) is 0 Å². The Bertz CT molecular complexity index is 1130. The summed E-state index contributed by atoms with van der Waals surface area (Å²) in [4.78, 5) is 16.5. The molecule has 3 rings (SSSR count). The van der Waals surface area contributed by atoms with Gasteiger partial charge in [0.2, 0.25) is 15.9 Å². The molecule has 1 heterocycles. The molecule has 0 aliphatic heterocycles. The molecule has 0 fully saturated rings. The van der Waals surface area contributed by atoms with Crippen LogP contribution in [0.15, 0.2) is 76.2 Å². The second-order valence-corrected chi connectivity index (χ2v) is 8.55. The number of esters is 1. The highest BCUT2D eigenvalue weighted by atomic mass is 32.2. The van der Waals surface area contributed by atoms with Gasteiger partial charge in [0.1, 0.15) is 18.6 Å². The molecule has 0 radical (unpaired) electrons. The highest BCUT2D eigenvalue weighted by Gasteiger charge is 2.20. The van der Waals surface area contributed by atoms with Crippen LogP contribution in [-0.2, 0) is 26.2 Å². The zero-order chi connectivity index (χ0) is 22.3. The lowest BCUT2D eigenvalue weighted by Crippen LogP contribution is -2.30. The lowest BCUT2D eigenvalue weighted by Gasteiger charge is -2.18. The molecule has 8 heteroatoms. The first-order chi connectivity index (χ1) is 14.9. The minimum absolute atomic E-state index is 0.0133. The third-order valence-electron chi connectivity index (χ3n) is 4.57. The van der Waals surface area contributed by atoms with Crippen LogP contribution in [0.1, 0.15) is 25.1 Å². The third-order valence-corrected chi connectivity index (χ3v) is 6.63. The van der Waals surface area contributed by atoms with E-state index >= 15 is 0 Å². The monoisotopic (exact) mass is 440 g/mol. The van der Waals surface area contributed by atoms with Gasteiger partial charge in [-0.2, -0.15) is 4.31 Å². The highest BCUT2D eigenvalue weighted by Crippen LogP contribution is 2.19. The summed E-state index contributed by atoms with van der Waals surface area (Å²) in [7, 11) is -3.50. The molecule has 0 saturated heterocycles. The van der Waals surface area contributed by atoms with E-state index in [2.05, 4.69) is 4.98 Å². The molecule has 0 atom stereocenters. The number of aromatic nitrogens is 1. The SMILES string of the molecule is CCN(CC)S(=O)(=O)c1ccc(/C=C/C(=O)OCc2coc(-c3ccccc3)n2)cc1. The van der Waals surface area contributed by atoms with E-state index in [0.29, 0.717) is 30.2 Å². The van der Waals surface area contributed by atoms with Crippen LogP contribution in [0.5, 0.6) is 0 Å². The first kappa shape index (κ1) is 22.5. The highest BCUT2D eigenvalue weighted by molar-refractivity contribution is 7.89. The molecule has 0 N–H and O–H groups in total. The topological polar surface area (TPSA) is 89.7 Å². The van der Waals surface area contributed by atoms with Gasteiger partial charge in [0.05, 0.1) is 4.90 Å². The normalized spacial score (nSPS) is 11.8. The molecular formula is C23H24N2O5S. The van der Waals surface area contributed by atoms with Crippen molar-refractivity contribution in [2.75, 3.05) is 13.1 Å². The van der Waals surface area contributed by atoms with Crippen LogP contribution in [0.25, 0.3) is 17.5 Å². The smallest absolute Gasteiger partial charge is 0.331 e. The van der Waals surface area contributed by atoms with Gasteiger partial charge in [0.25, 0.3) is 0 Å². The Morgan fingerprint density at radius 2 is 1.74 bits per heavy atom. The van der Waals surface area contributed by atoms with E-state index in [-0.39, 0.29) is 11.5 Å². The number of benzene rings is 2. The number of carbonyl (C=O) groups is 1. The summed E-state index contributed by atoms with van der Waals surface area (Å²) >= 11 is 0. The molecule has 7 nitrogen and oxygen atoms in total. The second-order valence-electron chi connectivity index (χ2n) is 6.61. The summed E-state index contributed by atoms with van der Waals surface area (Å²) < 4.78 is 37.0. The van der Waals surface area contributed by atoms with Crippen LogP contribution < -0.4 is 0 Å². The summed E-state index contributed by atoms with van der Waals surface area (Å²) in [6.07, 6.45) is 4.30. The first-order valence-corrected chi connectivity index (χ1v) is 11.3. The van der Waals surface area contributed by atoms with Crippen LogP contribution >= 0.6 is 0 Å². The molecule has 0 unspecified atom stereocenters. The number of sulfonamides is 1. The fourth-order valence-corrected chi connectivity index (χ4v) is 4.37. The van der Waals surface area contributed by atoms with Gasteiger partial charge in [-0.1, -0.05) is 44.2 Å². The van der Waals surface area contributed by atoms with Crippen LogP contribution in [-0.4, -0.2) is 36.8 Å². The molecule has 1 aromatic heterocycles. The number of ether oxygens (including phenoxy) is 1. The molecule has 0 amide bonds. The average Bonchev–Trinajstić information content (AvgIpc) is 3.27. The first-order valence-electron chi connectivity index (χ1n) is 9.89. The van der Waals surface area contributed by atoms with Crippen LogP contribution in [0, 0.1) is 0 Å². The zero-order valence-corrected chi connectivity index (χ0v) is 18.2. The number of nitrogens with zero attached hydrogens (tertiary/aromatic N) is 2. The van der Waals surface area contributed by atoms with Gasteiger partial charge in [-0.25, -0.2) is 18.2 Å². The van der Waals surface area contributed by atoms with Crippen molar-refractivity contribution < 1.29 is 22.4 Å². The van der Waals surface area contributed by atoms with E-state index < -0.39 is 16.0 Å². The summed E-state index contributed by atoms with van der Waals surface area (Å²) in [5.41, 5.74) is 2.03. The summed E-state index contributed by atoms with van der Waals surface area (Å²) in [6, 6.07) is 15.8. The molecule has 0 aliphatic rings. The van der Waals surface area contributed by atoms with Crippen molar-refractivity contribution in [2.45, 2.75) is 25.3 Å².